The summed E-state index contributed by atoms with van der Waals surface area (Å²) in [6.07, 6.45) is 6.84. The second-order valence-electron chi connectivity index (χ2n) is 3.45. The van der Waals surface area contributed by atoms with E-state index in [0.717, 1.165) is 11.4 Å². The van der Waals surface area contributed by atoms with E-state index in [-0.39, 0.29) is 0 Å². The number of halogens is 1. The summed E-state index contributed by atoms with van der Waals surface area (Å²) in [4.78, 5) is 3.97. The summed E-state index contributed by atoms with van der Waals surface area (Å²) in [6, 6.07) is 2.50. The molecule has 0 aliphatic carbocycles. The summed E-state index contributed by atoms with van der Waals surface area (Å²) in [5, 5.41) is 4.07. The van der Waals surface area contributed by atoms with Crippen molar-refractivity contribution >= 4 is 11.6 Å². The number of rotatable bonds is 5. The van der Waals surface area contributed by atoms with Crippen molar-refractivity contribution in [3.05, 3.63) is 29.0 Å². The Kier molecular flexibility index (Phi) is 4.91. The van der Waals surface area contributed by atoms with Gasteiger partial charge in [0.25, 0.3) is 0 Å². The molecule has 3 heteroatoms. The van der Waals surface area contributed by atoms with Gasteiger partial charge in [0.2, 0.25) is 0 Å². The first-order valence-electron chi connectivity index (χ1n) is 5.03. The molecule has 1 aromatic rings. The third-order valence-corrected chi connectivity index (χ3v) is 2.71. The van der Waals surface area contributed by atoms with E-state index in [1.807, 2.05) is 13.1 Å². The molecule has 0 spiro atoms. The Morgan fingerprint density at radius 1 is 1.57 bits per heavy atom. The van der Waals surface area contributed by atoms with Crippen LogP contribution in [-0.4, -0.2) is 18.1 Å². The molecule has 1 heterocycles. The quantitative estimate of drug-likeness (QED) is 0.812. The van der Waals surface area contributed by atoms with Crippen LogP contribution in [0.15, 0.2) is 18.5 Å². The number of hydrogen-bond donors (Lipinski definition) is 1. The van der Waals surface area contributed by atoms with Crippen molar-refractivity contribution in [3.8, 4) is 0 Å². The minimum Gasteiger partial charge on any atom is -0.317 e. The fourth-order valence-corrected chi connectivity index (χ4v) is 1.73. The van der Waals surface area contributed by atoms with Gasteiger partial charge in [0.05, 0.1) is 5.02 Å². The molecule has 1 rings (SSSR count). The average molecular weight is 213 g/mol. The normalized spacial score (nSPS) is 12.8. The van der Waals surface area contributed by atoms with E-state index in [9.17, 15) is 0 Å². The van der Waals surface area contributed by atoms with Crippen LogP contribution < -0.4 is 5.32 Å². The van der Waals surface area contributed by atoms with Gasteiger partial charge >= 0.3 is 0 Å². The molecular weight excluding hydrogens is 196 g/mol. The lowest BCUT2D eigenvalue weighted by molar-refractivity contribution is 0.513. The molecule has 1 aromatic heterocycles. The van der Waals surface area contributed by atoms with E-state index in [2.05, 4.69) is 17.2 Å². The van der Waals surface area contributed by atoms with E-state index in [1.54, 1.807) is 12.4 Å². The molecule has 0 fully saturated rings. The summed E-state index contributed by atoms with van der Waals surface area (Å²) < 4.78 is 0. The lowest BCUT2D eigenvalue weighted by atomic mass is 10.0. The number of hydrogen-bond acceptors (Lipinski definition) is 2. The molecule has 1 unspecified atom stereocenters. The molecule has 0 aliphatic rings. The van der Waals surface area contributed by atoms with E-state index < -0.39 is 0 Å². The SMILES string of the molecule is CCCC(Cc1ccncc1Cl)NC. The highest BCUT2D eigenvalue weighted by molar-refractivity contribution is 6.31. The van der Waals surface area contributed by atoms with Gasteiger partial charge in [-0.25, -0.2) is 0 Å². The zero-order valence-corrected chi connectivity index (χ0v) is 9.51. The Hall–Kier alpha value is -0.600. The zero-order chi connectivity index (χ0) is 10.4. The minimum atomic E-state index is 0.514. The van der Waals surface area contributed by atoms with Crippen molar-refractivity contribution in [1.82, 2.24) is 10.3 Å². The smallest absolute Gasteiger partial charge is 0.0621 e. The Bertz CT molecular complexity index is 276. The molecule has 0 aromatic carbocycles. The summed E-state index contributed by atoms with van der Waals surface area (Å²) in [7, 11) is 2.00. The van der Waals surface area contributed by atoms with Crippen LogP contribution in [0, 0.1) is 0 Å². The van der Waals surface area contributed by atoms with Crippen molar-refractivity contribution in [3.63, 3.8) is 0 Å². The maximum atomic E-state index is 6.04. The number of likely N-dealkylation sites (N-methyl/N-ethyl adjacent to an activating group) is 1. The van der Waals surface area contributed by atoms with Crippen LogP contribution in [0.25, 0.3) is 0 Å². The molecule has 14 heavy (non-hydrogen) atoms. The molecule has 0 aliphatic heterocycles. The van der Waals surface area contributed by atoms with Crippen molar-refractivity contribution in [2.75, 3.05) is 7.05 Å². The summed E-state index contributed by atoms with van der Waals surface area (Å²) in [6.45, 7) is 2.19. The molecule has 1 atom stereocenters. The molecule has 0 radical (unpaired) electrons. The summed E-state index contributed by atoms with van der Waals surface area (Å²) in [5.41, 5.74) is 1.18. The highest BCUT2D eigenvalue weighted by atomic mass is 35.5. The first-order chi connectivity index (χ1) is 6.77. The Balaban J connectivity index is 2.62. The third-order valence-electron chi connectivity index (χ3n) is 2.37. The zero-order valence-electron chi connectivity index (χ0n) is 8.76. The van der Waals surface area contributed by atoms with Gasteiger partial charge in [0.1, 0.15) is 0 Å². The number of pyridine rings is 1. The van der Waals surface area contributed by atoms with Gasteiger partial charge in [-0.15, -0.1) is 0 Å². The predicted octanol–water partition coefficient (Wildman–Crippen LogP) is 2.67. The lowest BCUT2D eigenvalue weighted by Gasteiger charge is -2.15. The maximum absolute atomic E-state index is 6.04. The topological polar surface area (TPSA) is 24.9 Å². The van der Waals surface area contributed by atoms with E-state index in [1.165, 1.54) is 18.4 Å². The average Bonchev–Trinajstić information content (AvgIpc) is 2.20. The highest BCUT2D eigenvalue weighted by Crippen LogP contribution is 2.16. The van der Waals surface area contributed by atoms with Crippen molar-refractivity contribution in [2.45, 2.75) is 32.2 Å². The molecule has 0 bridgehead atoms. The molecule has 0 saturated carbocycles. The Morgan fingerprint density at radius 2 is 2.36 bits per heavy atom. The molecule has 78 valence electrons. The van der Waals surface area contributed by atoms with Crippen LogP contribution in [0.2, 0.25) is 5.02 Å². The van der Waals surface area contributed by atoms with Crippen LogP contribution in [-0.2, 0) is 6.42 Å². The number of nitrogens with one attached hydrogen (secondary N) is 1. The molecule has 0 saturated heterocycles. The standard InChI is InChI=1S/C11H17ClN2/c1-3-4-10(13-2)7-9-5-6-14-8-11(9)12/h5-6,8,10,13H,3-4,7H2,1-2H3. The van der Waals surface area contributed by atoms with Crippen LogP contribution in [0.1, 0.15) is 25.3 Å². The Labute approximate surface area is 90.7 Å². The monoisotopic (exact) mass is 212 g/mol. The largest absolute Gasteiger partial charge is 0.317 e. The lowest BCUT2D eigenvalue weighted by Crippen LogP contribution is -2.27. The van der Waals surface area contributed by atoms with E-state index >= 15 is 0 Å². The van der Waals surface area contributed by atoms with Gasteiger partial charge in [0.15, 0.2) is 0 Å². The van der Waals surface area contributed by atoms with Crippen LogP contribution in [0.4, 0.5) is 0 Å². The number of nitrogens with zero attached hydrogens (tertiary/aromatic N) is 1. The number of aromatic nitrogens is 1. The molecular formula is C11H17ClN2. The highest BCUT2D eigenvalue weighted by Gasteiger charge is 2.08. The van der Waals surface area contributed by atoms with Gasteiger partial charge in [-0.05, 0) is 31.5 Å². The van der Waals surface area contributed by atoms with Crippen LogP contribution in [0.5, 0.6) is 0 Å². The third kappa shape index (κ3) is 3.28. The van der Waals surface area contributed by atoms with E-state index in [4.69, 9.17) is 11.6 Å². The first-order valence-corrected chi connectivity index (χ1v) is 5.41. The van der Waals surface area contributed by atoms with Gasteiger partial charge < -0.3 is 5.32 Å². The second-order valence-corrected chi connectivity index (χ2v) is 3.85. The fourth-order valence-electron chi connectivity index (χ4n) is 1.53. The van der Waals surface area contributed by atoms with Crippen molar-refractivity contribution in [2.24, 2.45) is 0 Å². The second kappa shape index (κ2) is 5.99. The first kappa shape index (κ1) is 11.5. The van der Waals surface area contributed by atoms with Crippen LogP contribution >= 0.6 is 11.6 Å². The Morgan fingerprint density at radius 3 is 2.93 bits per heavy atom. The predicted molar refractivity (Wildman–Crippen MR) is 60.7 cm³/mol. The van der Waals surface area contributed by atoms with Crippen molar-refractivity contribution < 1.29 is 0 Å². The minimum absolute atomic E-state index is 0.514. The van der Waals surface area contributed by atoms with Crippen LogP contribution in [0.3, 0.4) is 0 Å². The molecule has 2 nitrogen and oxygen atoms in total. The summed E-state index contributed by atoms with van der Waals surface area (Å²) in [5.74, 6) is 0. The fraction of sp³-hybridized carbons (Fsp3) is 0.545. The molecule has 1 N–H and O–H groups in total. The van der Waals surface area contributed by atoms with Gasteiger partial charge in [0, 0.05) is 18.4 Å². The maximum Gasteiger partial charge on any atom is 0.0621 e. The van der Waals surface area contributed by atoms with Gasteiger partial charge in [-0.1, -0.05) is 24.9 Å². The molecule has 0 amide bonds. The van der Waals surface area contributed by atoms with E-state index in [0.29, 0.717) is 6.04 Å². The van der Waals surface area contributed by atoms with Gasteiger partial charge in [-0.2, -0.15) is 0 Å². The van der Waals surface area contributed by atoms with Gasteiger partial charge in [-0.3, -0.25) is 4.98 Å². The summed E-state index contributed by atoms with van der Waals surface area (Å²) >= 11 is 6.04. The van der Waals surface area contributed by atoms with Crippen molar-refractivity contribution in [1.29, 1.82) is 0 Å².